The second kappa shape index (κ2) is 6.61. The van der Waals surface area contributed by atoms with Gasteiger partial charge in [0.15, 0.2) is 0 Å². The summed E-state index contributed by atoms with van der Waals surface area (Å²) in [6.45, 7) is 6.16. The van der Waals surface area contributed by atoms with Crippen LogP contribution in [0.3, 0.4) is 0 Å². The van der Waals surface area contributed by atoms with E-state index in [9.17, 15) is 9.90 Å². The highest BCUT2D eigenvalue weighted by Gasteiger charge is 2.43. The minimum Gasteiger partial charge on any atom is -0.388 e. The third kappa shape index (κ3) is 3.13. The van der Waals surface area contributed by atoms with E-state index in [1.54, 1.807) is 4.90 Å². The topological polar surface area (TPSA) is 40.5 Å². The maximum Gasteiger partial charge on any atom is 0.214 e. The number of aliphatic hydroxyl groups excluding tert-OH is 1. The number of amides is 1. The van der Waals surface area contributed by atoms with Gasteiger partial charge in [-0.2, -0.15) is 0 Å². The molecule has 0 spiro atoms. The molecular formula is C18H27NO2. The summed E-state index contributed by atoms with van der Waals surface area (Å²) in [7, 11) is 0. The molecule has 0 aliphatic heterocycles. The molecule has 1 saturated carbocycles. The molecule has 1 fully saturated rings. The summed E-state index contributed by atoms with van der Waals surface area (Å²) in [6.07, 6.45) is 6.14. The molecule has 1 amide bonds. The Morgan fingerprint density at radius 3 is 2.29 bits per heavy atom. The van der Waals surface area contributed by atoms with Crippen LogP contribution in [0, 0.1) is 5.41 Å². The number of anilines is 1. The van der Waals surface area contributed by atoms with E-state index in [1.807, 2.05) is 38.1 Å². The Hall–Kier alpha value is -1.35. The van der Waals surface area contributed by atoms with E-state index in [1.165, 1.54) is 6.42 Å². The maximum absolute atomic E-state index is 11.1. The van der Waals surface area contributed by atoms with Crippen LogP contribution in [-0.2, 0) is 4.79 Å². The van der Waals surface area contributed by atoms with E-state index in [4.69, 9.17) is 0 Å². The van der Waals surface area contributed by atoms with Crippen molar-refractivity contribution in [1.29, 1.82) is 0 Å². The van der Waals surface area contributed by atoms with Crippen LogP contribution in [0.25, 0.3) is 0 Å². The molecular weight excluding hydrogens is 262 g/mol. The molecule has 1 aliphatic carbocycles. The quantitative estimate of drug-likeness (QED) is 0.769. The van der Waals surface area contributed by atoms with Crippen molar-refractivity contribution in [2.75, 3.05) is 4.90 Å². The van der Waals surface area contributed by atoms with Crippen molar-refractivity contribution < 1.29 is 9.90 Å². The van der Waals surface area contributed by atoms with Crippen LogP contribution < -0.4 is 4.90 Å². The molecule has 1 aliphatic rings. The minimum atomic E-state index is -0.385. The van der Waals surface area contributed by atoms with Gasteiger partial charge in [0, 0.05) is 17.1 Å². The van der Waals surface area contributed by atoms with Crippen LogP contribution in [-0.4, -0.2) is 17.6 Å². The Morgan fingerprint density at radius 2 is 1.90 bits per heavy atom. The van der Waals surface area contributed by atoms with Gasteiger partial charge in [0.05, 0.1) is 6.10 Å². The Morgan fingerprint density at radius 1 is 1.29 bits per heavy atom. The number of benzene rings is 1. The van der Waals surface area contributed by atoms with E-state index in [0.717, 1.165) is 43.3 Å². The van der Waals surface area contributed by atoms with Crippen molar-refractivity contribution in [2.24, 2.45) is 5.41 Å². The molecule has 0 radical (unpaired) electrons. The Bertz CT molecular complexity index is 463. The zero-order chi connectivity index (χ0) is 15.5. The lowest BCUT2D eigenvalue weighted by atomic mass is 9.61. The second-order valence-corrected chi connectivity index (χ2v) is 6.57. The lowest BCUT2D eigenvalue weighted by molar-refractivity contribution is -0.107. The molecule has 0 saturated heterocycles. The Labute approximate surface area is 128 Å². The van der Waals surface area contributed by atoms with Gasteiger partial charge in [-0.05, 0) is 50.8 Å². The third-order valence-electron chi connectivity index (χ3n) is 4.85. The van der Waals surface area contributed by atoms with Crippen LogP contribution in [0.4, 0.5) is 5.69 Å². The van der Waals surface area contributed by atoms with E-state index >= 15 is 0 Å². The summed E-state index contributed by atoms with van der Waals surface area (Å²) >= 11 is 0. The third-order valence-corrected chi connectivity index (χ3v) is 4.85. The predicted octanol–water partition coefficient (Wildman–Crippen LogP) is 4.06. The van der Waals surface area contributed by atoms with Crippen molar-refractivity contribution in [3.8, 4) is 0 Å². The van der Waals surface area contributed by atoms with Gasteiger partial charge >= 0.3 is 0 Å². The summed E-state index contributed by atoms with van der Waals surface area (Å²) in [4.78, 5) is 12.8. The monoisotopic (exact) mass is 289 g/mol. The lowest BCUT2D eigenvalue weighted by Crippen LogP contribution is -2.36. The molecule has 2 rings (SSSR count). The summed E-state index contributed by atoms with van der Waals surface area (Å²) in [5.74, 6) is 0. The molecule has 3 nitrogen and oxygen atoms in total. The number of carbonyl (C=O) groups excluding carboxylic acids is 1. The zero-order valence-electron chi connectivity index (χ0n) is 13.4. The van der Waals surface area contributed by atoms with E-state index < -0.39 is 0 Å². The van der Waals surface area contributed by atoms with Crippen molar-refractivity contribution in [3.63, 3.8) is 0 Å². The van der Waals surface area contributed by atoms with Gasteiger partial charge in [-0.15, -0.1) is 0 Å². The van der Waals surface area contributed by atoms with Crippen LogP contribution in [0.1, 0.15) is 64.5 Å². The van der Waals surface area contributed by atoms with Crippen LogP contribution >= 0.6 is 0 Å². The second-order valence-electron chi connectivity index (χ2n) is 6.57. The van der Waals surface area contributed by atoms with Crippen molar-refractivity contribution in [1.82, 2.24) is 0 Å². The first kappa shape index (κ1) is 16.0. The molecule has 0 aromatic heterocycles. The van der Waals surface area contributed by atoms with Gasteiger partial charge in [-0.25, -0.2) is 0 Å². The highest BCUT2D eigenvalue weighted by molar-refractivity contribution is 5.75. The molecule has 21 heavy (non-hydrogen) atoms. The SMILES string of the molecule is CCCC1(C(O)c2ccc(N(C=O)C(C)C)cc2)CCC1. The van der Waals surface area contributed by atoms with Gasteiger partial charge < -0.3 is 10.0 Å². The molecule has 1 aromatic rings. The molecule has 1 unspecified atom stereocenters. The fourth-order valence-electron chi connectivity index (χ4n) is 3.45. The van der Waals surface area contributed by atoms with Crippen LogP contribution in [0.15, 0.2) is 24.3 Å². The number of nitrogens with zero attached hydrogens (tertiary/aromatic N) is 1. The number of aliphatic hydroxyl groups is 1. The summed E-state index contributed by atoms with van der Waals surface area (Å²) in [6, 6.07) is 7.94. The molecule has 0 heterocycles. The highest BCUT2D eigenvalue weighted by atomic mass is 16.3. The number of hydrogen-bond donors (Lipinski definition) is 1. The van der Waals surface area contributed by atoms with Crippen LogP contribution in [0.2, 0.25) is 0 Å². The number of carbonyl (C=O) groups is 1. The first-order valence-corrected chi connectivity index (χ1v) is 8.06. The zero-order valence-corrected chi connectivity index (χ0v) is 13.4. The van der Waals surface area contributed by atoms with E-state index in [0.29, 0.717) is 0 Å². The Balaban J connectivity index is 2.16. The molecule has 1 N–H and O–H groups in total. The standard InChI is InChI=1S/C18H27NO2/c1-4-10-18(11-5-12-18)17(21)15-6-8-16(9-7-15)19(13-20)14(2)3/h6-9,13-14,17,21H,4-5,10-12H2,1-3H3. The first-order chi connectivity index (χ1) is 10.0. The number of hydrogen-bond acceptors (Lipinski definition) is 2. The molecule has 1 atom stereocenters. The minimum absolute atomic E-state index is 0.0820. The highest BCUT2D eigenvalue weighted by Crippen LogP contribution is 2.53. The first-order valence-electron chi connectivity index (χ1n) is 8.06. The normalized spacial score (nSPS) is 18.1. The Kier molecular flexibility index (Phi) is 5.04. The average molecular weight is 289 g/mol. The van der Waals surface area contributed by atoms with E-state index in [2.05, 4.69) is 6.92 Å². The largest absolute Gasteiger partial charge is 0.388 e. The van der Waals surface area contributed by atoms with Gasteiger partial charge in [0.2, 0.25) is 6.41 Å². The number of rotatable bonds is 7. The molecule has 3 heteroatoms. The van der Waals surface area contributed by atoms with Gasteiger partial charge in [-0.3, -0.25) is 4.79 Å². The van der Waals surface area contributed by atoms with Crippen LogP contribution in [0.5, 0.6) is 0 Å². The van der Waals surface area contributed by atoms with Crippen molar-refractivity contribution in [3.05, 3.63) is 29.8 Å². The van der Waals surface area contributed by atoms with Gasteiger partial charge in [-0.1, -0.05) is 31.9 Å². The summed E-state index contributed by atoms with van der Waals surface area (Å²) < 4.78 is 0. The average Bonchev–Trinajstić information content (AvgIpc) is 2.43. The van der Waals surface area contributed by atoms with Crippen molar-refractivity contribution in [2.45, 2.75) is 65.0 Å². The maximum atomic E-state index is 11.1. The van der Waals surface area contributed by atoms with Gasteiger partial charge in [0.25, 0.3) is 0 Å². The predicted molar refractivity (Wildman–Crippen MR) is 86.3 cm³/mol. The molecule has 0 bridgehead atoms. The fourth-order valence-corrected chi connectivity index (χ4v) is 3.45. The molecule has 1 aromatic carbocycles. The summed E-state index contributed by atoms with van der Waals surface area (Å²) in [5.41, 5.74) is 1.94. The van der Waals surface area contributed by atoms with E-state index in [-0.39, 0.29) is 17.6 Å². The van der Waals surface area contributed by atoms with Crippen molar-refractivity contribution >= 4 is 12.1 Å². The smallest absolute Gasteiger partial charge is 0.214 e. The fraction of sp³-hybridized carbons (Fsp3) is 0.611. The van der Waals surface area contributed by atoms with Gasteiger partial charge in [0.1, 0.15) is 0 Å². The molecule has 116 valence electrons. The lowest BCUT2D eigenvalue weighted by Gasteiger charge is -2.46. The summed E-state index contributed by atoms with van der Waals surface area (Å²) in [5, 5.41) is 10.7.